The van der Waals surface area contributed by atoms with Crippen molar-refractivity contribution in [2.75, 3.05) is 0 Å². The number of rotatable bonds is 1. The van der Waals surface area contributed by atoms with Crippen molar-refractivity contribution in [2.45, 2.75) is 6.92 Å². The molecule has 56 valence electrons. The topological polar surface area (TPSA) is 47.7 Å². The third-order valence-corrected chi connectivity index (χ3v) is 1.57. The van der Waals surface area contributed by atoms with Crippen LogP contribution in [0.2, 0.25) is 0 Å². The van der Waals surface area contributed by atoms with Gasteiger partial charge in [0.1, 0.15) is 0 Å². The van der Waals surface area contributed by atoms with Crippen molar-refractivity contribution >= 4 is 11.9 Å². The first-order valence-corrected chi connectivity index (χ1v) is 3.40. The standard InChI is InChI=1S/C9H10N2/c1-7(6-10)8-4-2-3-5-9(8)11/h2-6,10-11H,1H3/b8-7-,10-6?,11-9?. The Morgan fingerprint density at radius 1 is 1.36 bits per heavy atom. The molecule has 0 saturated heterocycles. The lowest BCUT2D eigenvalue weighted by Crippen LogP contribution is -2.01. The summed E-state index contributed by atoms with van der Waals surface area (Å²) >= 11 is 0. The second kappa shape index (κ2) is 3.10. The molecule has 1 aliphatic rings. The normalized spacial score (nSPS) is 20.3. The summed E-state index contributed by atoms with van der Waals surface area (Å²) < 4.78 is 0. The van der Waals surface area contributed by atoms with Crippen LogP contribution in [0.25, 0.3) is 0 Å². The molecule has 0 atom stereocenters. The molecular weight excluding hydrogens is 136 g/mol. The Morgan fingerprint density at radius 2 is 2.00 bits per heavy atom. The molecule has 0 radical (unpaired) electrons. The molecule has 0 saturated carbocycles. The van der Waals surface area contributed by atoms with Gasteiger partial charge in [-0.05, 0) is 18.6 Å². The molecule has 0 aromatic carbocycles. The summed E-state index contributed by atoms with van der Waals surface area (Å²) in [4.78, 5) is 0. The minimum absolute atomic E-state index is 0.480. The predicted octanol–water partition coefficient (Wildman–Crippen LogP) is 2.10. The molecule has 0 unspecified atom stereocenters. The van der Waals surface area contributed by atoms with Gasteiger partial charge in [-0.3, -0.25) is 0 Å². The van der Waals surface area contributed by atoms with Crippen LogP contribution in [0.1, 0.15) is 6.92 Å². The van der Waals surface area contributed by atoms with Crippen molar-refractivity contribution in [3.63, 3.8) is 0 Å². The molecule has 2 N–H and O–H groups in total. The van der Waals surface area contributed by atoms with Crippen LogP contribution >= 0.6 is 0 Å². The lowest BCUT2D eigenvalue weighted by Gasteiger charge is -2.05. The van der Waals surface area contributed by atoms with E-state index in [2.05, 4.69) is 0 Å². The van der Waals surface area contributed by atoms with Gasteiger partial charge in [0.15, 0.2) is 0 Å². The van der Waals surface area contributed by atoms with E-state index in [9.17, 15) is 0 Å². The molecule has 0 spiro atoms. The second-order valence-electron chi connectivity index (χ2n) is 2.37. The number of hydrogen-bond acceptors (Lipinski definition) is 2. The molecule has 0 fully saturated rings. The Hall–Kier alpha value is -1.44. The third-order valence-electron chi connectivity index (χ3n) is 1.57. The first-order valence-electron chi connectivity index (χ1n) is 3.40. The van der Waals surface area contributed by atoms with Gasteiger partial charge in [0.2, 0.25) is 0 Å². The highest BCUT2D eigenvalue weighted by Gasteiger charge is 2.03. The molecule has 1 aliphatic carbocycles. The minimum Gasteiger partial charge on any atom is -0.308 e. The molecule has 0 aliphatic heterocycles. The van der Waals surface area contributed by atoms with Crippen LogP contribution in [-0.2, 0) is 0 Å². The molecule has 2 heteroatoms. The van der Waals surface area contributed by atoms with E-state index in [-0.39, 0.29) is 0 Å². The van der Waals surface area contributed by atoms with Crippen molar-refractivity contribution in [3.8, 4) is 0 Å². The summed E-state index contributed by atoms with van der Waals surface area (Å²) in [6.45, 7) is 1.83. The minimum atomic E-state index is 0.480. The molecule has 0 aromatic heterocycles. The molecule has 0 aromatic rings. The van der Waals surface area contributed by atoms with E-state index >= 15 is 0 Å². The maximum atomic E-state index is 7.48. The van der Waals surface area contributed by atoms with E-state index in [0.29, 0.717) is 5.71 Å². The maximum Gasteiger partial charge on any atom is 0.0615 e. The Bertz CT molecular complexity index is 280. The smallest absolute Gasteiger partial charge is 0.0615 e. The fraction of sp³-hybridized carbons (Fsp3) is 0.111. The molecule has 11 heavy (non-hydrogen) atoms. The van der Waals surface area contributed by atoms with Crippen LogP contribution in [0.5, 0.6) is 0 Å². The predicted molar refractivity (Wildman–Crippen MR) is 47.5 cm³/mol. The zero-order chi connectivity index (χ0) is 8.27. The monoisotopic (exact) mass is 146 g/mol. The van der Waals surface area contributed by atoms with Crippen molar-refractivity contribution in [3.05, 3.63) is 35.5 Å². The van der Waals surface area contributed by atoms with E-state index in [0.717, 1.165) is 11.1 Å². The van der Waals surface area contributed by atoms with Crippen LogP contribution in [0.3, 0.4) is 0 Å². The van der Waals surface area contributed by atoms with Gasteiger partial charge in [0.05, 0.1) is 5.71 Å². The summed E-state index contributed by atoms with van der Waals surface area (Å²) in [6.07, 6.45) is 8.54. The van der Waals surface area contributed by atoms with Crippen LogP contribution in [0.4, 0.5) is 0 Å². The van der Waals surface area contributed by atoms with Gasteiger partial charge in [0, 0.05) is 11.8 Å². The molecule has 2 nitrogen and oxygen atoms in total. The van der Waals surface area contributed by atoms with Crippen LogP contribution < -0.4 is 0 Å². The Labute approximate surface area is 66.0 Å². The van der Waals surface area contributed by atoms with Gasteiger partial charge in [-0.25, -0.2) is 0 Å². The van der Waals surface area contributed by atoms with Crippen LogP contribution in [0.15, 0.2) is 35.5 Å². The Kier molecular flexibility index (Phi) is 2.16. The lowest BCUT2D eigenvalue weighted by atomic mass is 10.0. The van der Waals surface area contributed by atoms with Crippen LogP contribution in [-0.4, -0.2) is 11.9 Å². The van der Waals surface area contributed by atoms with Gasteiger partial charge in [-0.15, -0.1) is 0 Å². The van der Waals surface area contributed by atoms with Crippen molar-refractivity contribution in [1.82, 2.24) is 0 Å². The number of allylic oxidation sites excluding steroid dienone is 6. The molecule has 0 amide bonds. The Balaban J connectivity index is 3.07. The summed E-state index contributed by atoms with van der Waals surface area (Å²) in [6, 6.07) is 0. The quantitative estimate of drug-likeness (QED) is 0.532. The first kappa shape index (κ1) is 7.66. The van der Waals surface area contributed by atoms with Crippen molar-refractivity contribution in [2.24, 2.45) is 0 Å². The summed E-state index contributed by atoms with van der Waals surface area (Å²) in [5, 5.41) is 14.5. The zero-order valence-corrected chi connectivity index (χ0v) is 6.39. The van der Waals surface area contributed by atoms with Gasteiger partial charge in [-0.1, -0.05) is 18.2 Å². The van der Waals surface area contributed by atoms with E-state index < -0.39 is 0 Å². The van der Waals surface area contributed by atoms with Gasteiger partial charge < -0.3 is 10.8 Å². The van der Waals surface area contributed by atoms with Crippen molar-refractivity contribution < 1.29 is 0 Å². The highest BCUT2D eigenvalue weighted by atomic mass is 14.4. The van der Waals surface area contributed by atoms with E-state index in [1.165, 1.54) is 6.21 Å². The number of nitrogens with one attached hydrogen (secondary N) is 2. The van der Waals surface area contributed by atoms with E-state index in [4.69, 9.17) is 10.8 Å². The first-order chi connectivity index (χ1) is 5.25. The fourth-order valence-corrected chi connectivity index (χ4v) is 0.905. The molecule has 0 heterocycles. The van der Waals surface area contributed by atoms with E-state index in [1.54, 1.807) is 6.08 Å². The maximum absolute atomic E-state index is 7.48. The van der Waals surface area contributed by atoms with E-state index in [1.807, 2.05) is 25.2 Å². The van der Waals surface area contributed by atoms with Gasteiger partial charge in [0.25, 0.3) is 0 Å². The largest absolute Gasteiger partial charge is 0.308 e. The lowest BCUT2D eigenvalue weighted by molar-refractivity contribution is 1.43. The second-order valence-corrected chi connectivity index (χ2v) is 2.37. The summed E-state index contributed by atoms with van der Waals surface area (Å²) in [5.41, 5.74) is 2.15. The molecule has 0 bridgehead atoms. The molecule has 1 rings (SSSR count). The number of hydrogen-bond donors (Lipinski definition) is 2. The van der Waals surface area contributed by atoms with Crippen LogP contribution in [0, 0.1) is 10.8 Å². The average molecular weight is 146 g/mol. The molecular formula is C9H10N2. The summed E-state index contributed by atoms with van der Waals surface area (Å²) in [7, 11) is 0. The summed E-state index contributed by atoms with van der Waals surface area (Å²) in [5.74, 6) is 0. The SMILES string of the molecule is C/C(C=N)=C1\C=CC=CC1=N. The van der Waals surface area contributed by atoms with Gasteiger partial charge in [-0.2, -0.15) is 0 Å². The highest BCUT2D eigenvalue weighted by molar-refractivity contribution is 6.12. The average Bonchev–Trinajstić information content (AvgIpc) is 2.04. The third kappa shape index (κ3) is 1.52. The highest BCUT2D eigenvalue weighted by Crippen LogP contribution is 2.10. The van der Waals surface area contributed by atoms with Crippen molar-refractivity contribution in [1.29, 1.82) is 10.8 Å². The Morgan fingerprint density at radius 3 is 2.55 bits per heavy atom. The fourth-order valence-electron chi connectivity index (χ4n) is 0.905. The van der Waals surface area contributed by atoms with Gasteiger partial charge >= 0.3 is 0 Å². The zero-order valence-electron chi connectivity index (χ0n) is 6.39.